The number of hydrogen-bond acceptors (Lipinski definition) is 8. The molecule has 6 rings (SSSR count). The van der Waals surface area contributed by atoms with E-state index in [0.717, 1.165) is 39.1 Å². The van der Waals surface area contributed by atoms with Crippen LogP contribution in [-0.2, 0) is 25.7 Å². The second kappa shape index (κ2) is 11.7. The maximum atomic E-state index is 14.0. The molecule has 1 N–H and O–H groups in total. The van der Waals surface area contributed by atoms with Crippen LogP contribution in [0.3, 0.4) is 0 Å². The number of para-hydroxylation sites is 1. The van der Waals surface area contributed by atoms with Gasteiger partial charge in [-0.15, -0.1) is 0 Å². The number of benzene rings is 3. The standard InChI is InChI=1S/C32H27N3O6S2/c1-3-41-31(39)20-13-15-21(16-14-20)35-28(37)25-24(19-10-5-4-6-11-19)27-30(42-26(25)29(35)38)34(32(40)43-27)17-23(36)33-22-12-8-7-9-18(22)2/h4-16,24-26H,3,17H2,1-2H3,(H,33,36). The van der Waals surface area contributed by atoms with E-state index in [4.69, 9.17) is 4.74 Å². The lowest BCUT2D eigenvalue weighted by Crippen LogP contribution is -2.33. The van der Waals surface area contributed by atoms with E-state index >= 15 is 0 Å². The highest BCUT2D eigenvalue weighted by Crippen LogP contribution is 2.53. The van der Waals surface area contributed by atoms with Gasteiger partial charge in [-0.2, -0.15) is 0 Å². The van der Waals surface area contributed by atoms with Crippen molar-refractivity contribution in [2.24, 2.45) is 5.92 Å². The van der Waals surface area contributed by atoms with Gasteiger partial charge in [0.05, 0.1) is 28.8 Å². The van der Waals surface area contributed by atoms with Crippen LogP contribution in [0.1, 0.15) is 39.2 Å². The van der Waals surface area contributed by atoms with Crippen molar-refractivity contribution in [3.05, 3.63) is 110 Å². The Balaban J connectivity index is 1.36. The second-order valence-electron chi connectivity index (χ2n) is 10.2. The predicted molar refractivity (Wildman–Crippen MR) is 165 cm³/mol. The lowest BCUT2D eigenvalue weighted by atomic mass is 9.83. The second-order valence-corrected chi connectivity index (χ2v) is 12.3. The van der Waals surface area contributed by atoms with E-state index in [9.17, 15) is 24.0 Å². The lowest BCUT2D eigenvalue weighted by molar-refractivity contribution is -0.122. The minimum absolute atomic E-state index is 0.230. The van der Waals surface area contributed by atoms with Crippen molar-refractivity contribution in [3.63, 3.8) is 0 Å². The van der Waals surface area contributed by atoms with E-state index in [2.05, 4.69) is 5.32 Å². The number of thioether (sulfide) groups is 1. The number of imide groups is 1. The van der Waals surface area contributed by atoms with Crippen LogP contribution in [-0.4, -0.2) is 40.1 Å². The quantitative estimate of drug-likeness (QED) is 0.235. The highest BCUT2D eigenvalue weighted by atomic mass is 32.2. The molecule has 1 fully saturated rings. The van der Waals surface area contributed by atoms with Crippen molar-refractivity contribution in [2.75, 3.05) is 16.8 Å². The molecule has 0 radical (unpaired) electrons. The average Bonchev–Trinajstić information content (AvgIpc) is 3.45. The van der Waals surface area contributed by atoms with Crippen molar-refractivity contribution in [3.8, 4) is 0 Å². The first-order valence-corrected chi connectivity index (χ1v) is 15.4. The Morgan fingerprint density at radius 1 is 0.907 bits per heavy atom. The summed E-state index contributed by atoms with van der Waals surface area (Å²) in [6, 6.07) is 22.9. The zero-order valence-corrected chi connectivity index (χ0v) is 24.9. The molecule has 1 aromatic heterocycles. The van der Waals surface area contributed by atoms with Crippen LogP contribution in [0.4, 0.5) is 11.4 Å². The van der Waals surface area contributed by atoms with Gasteiger partial charge < -0.3 is 10.1 Å². The highest BCUT2D eigenvalue weighted by molar-refractivity contribution is 8.00. The number of anilines is 2. The molecule has 0 saturated carbocycles. The van der Waals surface area contributed by atoms with Crippen LogP contribution >= 0.6 is 23.1 Å². The smallest absolute Gasteiger partial charge is 0.338 e. The summed E-state index contributed by atoms with van der Waals surface area (Å²) in [6.45, 7) is 3.60. The minimum atomic E-state index is -0.811. The Morgan fingerprint density at radius 2 is 1.60 bits per heavy atom. The Hall–Kier alpha value is -4.48. The van der Waals surface area contributed by atoms with Crippen LogP contribution < -0.4 is 15.1 Å². The Morgan fingerprint density at radius 3 is 2.30 bits per heavy atom. The van der Waals surface area contributed by atoms with E-state index in [1.54, 1.807) is 25.1 Å². The number of nitrogens with zero attached hydrogens (tertiary/aromatic N) is 2. The van der Waals surface area contributed by atoms with Crippen LogP contribution in [0.25, 0.3) is 0 Å². The molecular weight excluding hydrogens is 587 g/mol. The van der Waals surface area contributed by atoms with Crippen LogP contribution in [0, 0.1) is 12.8 Å². The highest BCUT2D eigenvalue weighted by Gasteiger charge is 2.56. The molecule has 0 aliphatic carbocycles. The van der Waals surface area contributed by atoms with Crippen molar-refractivity contribution in [1.29, 1.82) is 0 Å². The number of carbonyl (C=O) groups is 4. The summed E-state index contributed by atoms with van der Waals surface area (Å²) in [6.07, 6.45) is 0. The molecule has 0 bridgehead atoms. The number of esters is 1. The van der Waals surface area contributed by atoms with Crippen molar-refractivity contribution in [2.45, 2.75) is 36.6 Å². The van der Waals surface area contributed by atoms with E-state index < -0.39 is 29.0 Å². The van der Waals surface area contributed by atoms with Gasteiger partial charge in [-0.1, -0.05) is 71.6 Å². The summed E-state index contributed by atoms with van der Waals surface area (Å²) >= 11 is 2.16. The molecule has 218 valence electrons. The molecule has 9 nitrogen and oxygen atoms in total. The van der Waals surface area contributed by atoms with Gasteiger partial charge >= 0.3 is 10.8 Å². The third-order valence-corrected chi connectivity index (χ3v) is 10.2. The fourth-order valence-electron chi connectivity index (χ4n) is 5.54. The lowest BCUT2D eigenvalue weighted by Gasteiger charge is -2.30. The van der Waals surface area contributed by atoms with E-state index in [0.29, 0.717) is 26.8 Å². The van der Waals surface area contributed by atoms with Crippen molar-refractivity contribution < 1.29 is 23.9 Å². The Kier molecular flexibility index (Phi) is 7.76. The van der Waals surface area contributed by atoms with Gasteiger partial charge in [0.25, 0.3) is 0 Å². The molecule has 3 aromatic carbocycles. The molecule has 2 aliphatic heterocycles. The fourth-order valence-corrected chi connectivity index (χ4v) is 8.31. The number of carbonyl (C=O) groups excluding carboxylic acids is 4. The largest absolute Gasteiger partial charge is 0.462 e. The minimum Gasteiger partial charge on any atom is -0.462 e. The summed E-state index contributed by atoms with van der Waals surface area (Å²) in [5.41, 5.74) is 3.01. The first-order chi connectivity index (χ1) is 20.8. The number of ether oxygens (including phenoxy) is 1. The predicted octanol–water partition coefficient (Wildman–Crippen LogP) is 4.83. The number of aryl methyl sites for hydroxylation is 1. The number of fused-ring (bicyclic) bond motifs is 2. The van der Waals surface area contributed by atoms with Crippen LogP contribution in [0.5, 0.6) is 0 Å². The summed E-state index contributed by atoms with van der Waals surface area (Å²) in [7, 11) is 0. The molecule has 0 spiro atoms. The van der Waals surface area contributed by atoms with Gasteiger partial charge in [0.15, 0.2) is 0 Å². The normalized spacial score (nSPS) is 19.1. The Labute approximate surface area is 255 Å². The molecule has 4 aromatic rings. The number of amides is 3. The van der Waals surface area contributed by atoms with Gasteiger partial charge in [0.2, 0.25) is 17.7 Å². The molecule has 3 unspecified atom stereocenters. The maximum Gasteiger partial charge on any atom is 0.338 e. The van der Waals surface area contributed by atoms with Crippen LogP contribution in [0.2, 0.25) is 0 Å². The van der Waals surface area contributed by atoms with Gasteiger partial charge in [-0.05, 0) is 55.3 Å². The third kappa shape index (κ3) is 5.19. The van der Waals surface area contributed by atoms with E-state index in [1.165, 1.54) is 16.7 Å². The van der Waals surface area contributed by atoms with Gasteiger partial charge in [0.1, 0.15) is 11.8 Å². The summed E-state index contributed by atoms with van der Waals surface area (Å²) in [5, 5.41) is 2.58. The molecule has 3 heterocycles. The molecular formula is C32H27N3O6S2. The molecule has 1 saturated heterocycles. The van der Waals surface area contributed by atoms with Gasteiger partial charge in [0, 0.05) is 16.5 Å². The van der Waals surface area contributed by atoms with Gasteiger partial charge in [-0.3, -0.25) is 23.7 Å². The molecule has 3 atom stereocenters. The third-order valence-electron chi connectivity index (χ3n) is 7.57. The van der Waals surface area contributed by atoms with Crippen LogP contribution in [0.15, 0.2) is 88.7 Å². The van der Waals surface area contributed by atoms with E-state index in [1.807, 2.05) is 55.5 Å². The molecule has 2 aliphatic rings. The molecule has 3 amide bonds. The number of hydrogen-bond donors (Lipinski definition) is 1. The SMILES string of the molecule is CCOC(=O)c1ccc(N2C(=O)C3Sc4c(sc(=O)n4CC(=O)Nc4ccccc4C)C(c4ccccc4)C3C2=O)cc1. The topological polar surface area (TPSA) is 115 Å². The summed E-state index contributed by atoms with van der Waals surface area (Å²) < 4.78 is 6.45. The number of nitrogens with one attached hydrogen (secondary N) is 1. The fraction of sp³-hybridized carbons (Fsp3) is 0.219. The number of thiazole rings is 1. The summed E-state index contributed by atoms with van der Waals surface area (Å²) in [5.74, 6) is -2.96. The Bertz CT molecular complexity index is 1800. The zero-order chi connectivity index (χ0) is 30.2. The average molecular weight is 614 g/mol. The zero-order valence-electron chi connectivity index (χ0n) is 23.3. The number of aromatic nitrogens is 1. The number of rotatable bonds is 7. The first kappa shape index (κ1) is 28.6. The monoisotopic (exact) mass is 613 g/mol. The summed E-state index contributed by atoms with van der Waals surface area (Å²) in [4.78, 5) is 68.0. The van der Waals surface area contributed by atoms with Crippen molar-refractivity contribution in [1.82, 2.24) is 4.57 Å². The first-order valence-electron chi connectivity index (χ1n) is 13.7. The van der Waals surface area contributed by atoms with Crippen molar-refractivity contribution >= 4 is 58.2 Å². The molecule has 11 heteroatoms. The van der Waals surface area contributed by atoms with E-state index in [-0.39, 0.29) is 29.8 Å². The van der Waals surface area contributed by atoms with Gasteiger partial charge in [-0.25, -0.2) is 9.69 Å². The maximum absolute atomic E-state index is 14.0. The molecule has 43 heavy (non-hydrogen) atoms.